The second kappa shape index (κ2) is 12.8. The number of piperidine rings is 1. The molecular formula is C28H37N3O6. The number of carbonyl (C=O) groups is 2. The summed E-state index contributed by atoms with van der Waals surface area (Å²) in [5.41, 5.74) is 1.53. The lowest BCUT2D eigenvalue weighted by molar-refractivity contribution is -0.129. The number of rotatable bonds is 10. The predicted octanol–water partition coefficient (Wildman–Crippen LogP) is 3.04. The highest BCUT2D eigenvalue weighted by molar-refractivity contribution is 5.97. The lowest BCUT2D eigenvalue weighted by Crippen LogP contribution is -2.48. The third-order valence-electron chi connectivity index (χ3n) is 7.09. The van der Waals surface area contributed by atoms with Crippen LogP contribution >= 0.6 is 0 Å². The molecule has 2 heterocycles. The quantitative estimate of drug-likeness (QED) is 0.491. The van der Waals surface area contributed by atoms with Crippen LogP contribution in [0.1, 0.15) is 30.9 Å². The summed E-state index contributed by atoms with van der Waals surface area (Å²) in [7, 11) is 4.76. The van der Waals surface area contributed by atoms with Gasteiger partial charge in [0.15, 0.2) is 11.5 Å². The van der Waals surface area contributed by atoms with Crippen molar-refractivity contribution in [2.75, 3.05) is 65.6 Å². The van der Waals surface area contributed by atoms with Crippen LogP contribution < -0.4 is 24.4 Å². The zero-order chi connectivity index (χ0) is 26.2. The summed E-state index contributed by atoms with van der Waals surface area (Å²) in [5, 5.41) is 3.14. The van der Waals surface area contributed by atoms with Crippen LogP contribution in [0, 0.1) is 5.92 Å². The first-order chi connectivity index (χ1) is 18.0. The third kappa shape index (κ3) is 6.34. The Labute approximate surface area is 218 Å². The number of hydrogen-bond acceptors (Lipinski definition) is 7. The Morgan fingerprint density at radius 3 is 2.41 bits per heavy atom. The van der Waals surface area contributed by atoms with Gasteiger partial charge in [0, 0.05) is 31.7 Å². The first-order valence-electron chi connectivity index (χ1n) is 12.8. The molecule has 2 amide bonds. The standard InChI is InChI=1S/C28H37N3O6/c1-34-22-8-6-21(7-9-22)31-26(32)12-10-23(27(31)20-5-11-24(35-2)25(19-20)36-3)28(33)29-13-4-14-30-15-17-37-18-16-30/h5-9,11,19,23,27H,4,10,12-18H2,1-3H3,(H,29,33)/t23-,27-/m1/s1. The van der Waals surface area contributed by atoms with Gasteiger partial charge in [0.2, 0.25) is 11.8 Å². The van der Waals surface area contributed by atoms with Gasteiger partial charge in [0.1, 0.15) is 5.75 Å². The van der Waals surface area contributed by atoms with Crippen LogP contribution in [0.3, 0.4) is 0 Å². The van der Waals surface area contributed by atoms with E-state index in [1.54, 1.807) is 26.2 Å². The van der Waals surface area contributed by atoms with Gasteiger partial charge in [-0.25, -0.2) is 0 Å². The van der Waals surface area contributed by atoms with Gasteiger partial charge < -0.3 is 29.2 Å². The maximum atomic E-state index is 13.5. The molecule has 0 saturated carbocycles. The lowest BCUT2D eigenvalue weighted by atomic mass is 9.83. The molecule has 9 heteroatoms. The van der Waals surface area contributed by atoms with E-state index >= 15 is 0 Å². The SMILES string of the molecule is COc1ccc(N2C(=O)CC[C@@H](C(=O)NCCCN3CCOCC3)[C@H]2c2ccc(OC)c(OC)c2)cc1. The summed E-state index contributed by atoms with van der Waals surface area (Å²) in [6, 6.07) is 12.4. The van der Waals surface area contributed by atoms with Crippen LogP contribution in [0.25, 0.3) is 0 Å². The number of methoxy groups -OCH3 is 3. The highest BCUT2D eigenvalue weighted by Crippen LogP contribution is 2.42. The summed E-state index contributed by atoms with van der Waals surface area (Å²) < 4.78 is 21.7. The molecule has 4 rings (SSSR count). The van der Waals surface area contributed by atoms with E-state index in [9.17, 15) is 9.59 Å². The second-order valence-corrected chi connectivity index (χ2v) is 9.26. The van der Waals surface area contributed by atoms with Gasteiger partial charge in [-0.15, -0.1) is 0 Å². The first kappa shape index (κ1) is 26.8. The lowest BCUT2D eigenvalue weighted by Gasteiger charge is -2.41. The zero-order valence-electron chi connectivity index (χ0n) is 21.9. The van der Waals surface area contributed by atoms with Crippen LogP contribution in [0.2, 0.25) is 0 Å². The molecule has 2 aliphatic rings. The van der Waals surface area contributed by atoms with Crippen LogP contribution in [-0.4, -0.2) is 77.4 Å². The fraction of sp³-hybridized carbons (Fsp3) is 0.500. The van der Waals surface area contributed by atoms with Crippen molar-refractivity contribution in [2.24, 2.45) is 5.92 Å². The fourth-order valence-corrected chi connectivity index (χ4v) is 5.10. The van der Waals surface area contributed by atoms with Gasteiger partial charge in [-0.1, -0.05) is 6.07 Å². The van der Waals surface area contributed by atoms with Crippen molar-refractivity contribution < 1.29 is 28.5 Å². The van der Waals surface area contributed by atoms with Gasteiger partial charge in [-0.2, -0.15) is 0 Å². The van der Waals surface area contributed by atoms with Gasteiger partial charge in [-0.05, 0) is 61.3 Å². The molecule has 0 aliphatic carbocycles. The van der Waals surface area contributed by atoms with Gasteiger partial charge >= 0.3 is 0 Å². The molecule has 2 aromatic carbocycles. The van der Waals surface area contributed by atoms with E-state index in [4.69, 9.17) is 18.9 Å². The molecule has 0 radical (unpaired) electrons. The molecule has 0 spiro atoms. The molecule has 2 atom stereocenters. The van der Waals surface area contributed by atoms with Crippen molar-refractivity contribution >= 4 is 17.5 Å². The molecule has 200 valence electrons. The maximum absolute atomic E-state index is 13.5. The number of carbonyl (C=O) groups excluding carboxylic acids is 2. The van der Waals surface area contributed by atoms with Crippen molar-refractivity contribution in [3.05, 3.63) is 48.0 Å². The van der Waals surface area contributed by atoms with E-state index in [1.165, 1.54) is 0 Å². The molecule has 0 aromatic heterocycles. The Hall–Kier alpha value is -3.30. The van der Waals surface area contributed by atoms with Gasteiger partial charge in [0.25, 0.3) is 0 Å². The maximum Gasteiger partial charge on any atom is 0.227 e. The topological polar surface area (TPSA) is 89.6 Å². The van der Waals surface area contributed by atoms with Crippen LogP contribution in [-0.2, 0) is 14.3 Å². The van der Waals surface area contributed by atoms with Crippen molar-refractivity contribution in [3.8, 4) is 17.2 Å². The molecular weight excluding hydrogens is 474 g/mol. The van der Waals surface area contributed by atoms with E-state index in [0.717, 1.165) is 50.5 Å². The smallest absolute Gasteiger partial charge is 0.227 e. The molecule has 2 aliphatic heterocycles. The van der Waals surface area contributed by atoms with Gasteiger partial charge in [-0.3, -0.25) is 14.5 Å². The largest absolute Gasteiger partial charge is 0.497 e. The summed E-state index contributed by atoms with van der Waals surface area (Å²) in [6.07, 6.45) is 1.63. The number of hydrogen-bond donors (Lipinski definition) is 1. The summed E-state index contributed by atoms with van der Waals surface area (Å²) >= 11 is 0. The zero-order valence-corrected chi connectivity index (χ0v) is 21.9. The number of nitrogens with one attached hydrogen (secondary N) is 1. The van der Waals surface area contributed by atoms with E-state index < -0.39 is 12.0 Å². The van der Waals surface area contributed by atoms with Gasteiger partial charge in [0.05, 0.1) is 46.5 Å². The Morgan fingerprint density at radius 1 is 1.00 bits per heavy atom. The van der Waals surface area contributed by atoms with Crippen molar-refractivity contribution in [2.45, 2.75) is 25.3 Å². The Bertz CT molecular complexity index is 1050. The molecule has 2 aromatic rings. The monoisotopic (exact) mass is 511 g/mol. The molecule has 9 nitrogen and oxygen atoms in total. The minimum absolute atomic E-state index is 0.0266. The normalized spacial score (nSPS) is 20.4. The number of nitrogens with zero attached hydrogens (tertiary/aromatic N) is 2. The molecule has 2 saturated heterocycles. The van der Waals surface area contributed by atoms with Crippen LogP contribution in [0.15, 0.2) is 42.5 Å². The van der Waals surface area contributed by atoms with Crippen molar-refractivity contribution in [1.29, 1.82) is 0 Å². The minimum atomic E-state index is -0.492. The van der Waals surface area contributed by atoms with E-state index in [0.29, 0.717) is 36.6 Å². The van der Waals surface area contributed by atoms with Crippen LogP contribution in [0.5, 0.6) is 17.2 Å². The summed E-state index contributed by atoms with van der Waals surface area (Å²) in [5.74, 6) is 1.35. The number of ether oxygens (including phenoxy) is 4. The number of anilines is 1. The Balaban J connectivity index is 1.58. The van der Waals surface area contributed by atoms with Crippen LogP contribution in [0.4, 0.5) is 5.69 Å². The average molecular weight is 512 g/mol. The Kier molecular flexibility index (Phi) is 9.24. The molecule has 2 fully saturated rings. The molecule has 0 bridgehead atoms. The number of benzene rings is 2. The number of morpholine rings is 1. The minimum Gasteiger partial charge on any atom is -0.497 e. The predicted molar refractivity (Wildman–Crippen MR) is 140 cm³/mol. The molecule has 0 unspecified atom stereocenters. The van der Waals surface area contributed by atoms with E-state index in [1.807, 2.05) is 42.5 Å². The van der Waals surface area contributed by atoms with E-state index in [2.05, 4.69) is 10.2 Å². The number of amides is 2. The van der Waals surface area contributed by atoms with Crippen molar-refractivity contribution in [1.82, 2.24) is 10.2 Å². The Morgan fingerprint density at radius 2 is 1.73 bits per heavy atom. The summed E-state index contributed by atoms with van der Waals surface area (Å²) in [4.78, 5) is 30.9. The van der Waals surface area contributed by atoms with E-state index in [-0.39, 0.29) is 11.8 Å². The molecule has 37 heavy (non-hydrogen) atoms. The molecule has 1 N–H and O–H groups in total. The highest BCUT2D eigenvalue weighted by atomic mass is 16.5. The highest BCUT2D eigenvalue weighted by Gasteiger charge is 2.41. The third-order valence-corrected chi connectivity index (χ3v) is 7.09. The van der Waals surface area contributed by atoms with Crippen molar-refractivity contribution in [3.63, 3.8) is 0 Å². The summed E-state index contributed by atoms with van der Waals surface area (Å²) in [6.45, 7) is 4.88. The average Bonchev–Trinajstić information content (AvgIpc) is 2.95. The fourth-order valence-electron chi connectivity index (χ4n) is 5.10. The first-order valence-corrected chi connectivity index (χ1v) is 12.8. The second-order valence-electron chi connectivity index (χ2n) is 9.26.